The molecule has 0 unspecified atom stereocenters. The topological polar surface area (TPSA) is 45.6 Å². The van der Waals surface area contributed by atoms with Crippen molar-refractivity contribution in [2.24, 2.45) is 5.92 Å². The van der Waals surface area contributed by atoms with E-state index in [4.69, 9.17) is 0 Å². The Hall–Kier alpha value is -1.92. The van der Waals surface area contributed by atoms with E-state index in [0.29, 0.717) is 12.5 Å². The van der Waals surface area contributed by atoms with Gasteiger partial charge in [-0.15, -0.1) is 11.3 Å². The van der Waals surface area contributed by atoms with Crippen LogP contribution in [0.25, 0.3) is 0 Å². The number of amides is 1. The zero-order valence-corrected chi connectivity index (χ0v) is 17.6. The van der Waals surface area contributed by atoms with Crippen LogP contribution >= 0.6 is 11.3 Å². The summed E-state index contributed by atoms with van der Waals surface area (Å²) >= 11 is 1.78. The molecule has 0 radical (unpaired) electrons. The highest BCUT2D eigenvalue weighted by atomic mass is 32.1. The number of rotatable bonds is 7. The SMILES string of the molecule is Cc1cc(C(=O)CN2CCN(C(=O)C3CC3)CC2)c(C)n1CCc1cccs1. The molecule has 1 saturated heterocycles. The van der Waals surface area contributed by atoms with Gasteiger partial charge in [0.05, 0.1) is 6.54 Å². The minimum Gasteiger partial charge on any atom is -0.348 e. The van der Waals surface area contributed by atoms with Crippen molar-refractivity contribution in [3.05, 3.63) is 45.4 Å². The van der Waals surface area contributed by atoms with Gasteiger partial charge in [0, 0.05) is 60.5 Å². The van der Waals surface area contributed by atoms with Gasteiger partial charge in [-0.05, 0) is 50.6 Å². The van der Waals surface area contributed by atoms with Gasteiger partial charge >= 0.3 is 0 Å². The molecule has 0 aromatic carbocycles. The van der Waals surface area contributed by atoms with Gasteiger partial charge in [-0.25, -0.2) is 0 Å². The Morgan fingerprint density at radius 2 is 1.89 bits per heavy atom. The standard InChI is InChI=1S/C22H29N3O2S/c1-16-14-20(17(2)25(16)8-7-19-4-3-13-28-19)21(26)15-23-9-11-24(12-10-23)22(27)18-5-6-18/h3-4,13-14,18H,5-12,15H2,1-2H3. The third-order valence-corrected chi connectivity index (χ3v) is 6.95. The third-order valence-electron chi connectivity index (χ3n) is 6.01. The number of aryl methyl sites for hydroxylation is 2. The lowest BCUT2D eigenvalue weighted by molar-refractivity contribution is -0.134. The molecule has 0 spiro atoms. The molecule has 5 nitrogen and oxygen atoms in total. The summed E-state index contributed by atoms with van der Waals surface area (Å²) in [5, 5.41) is 2.11. The molecular formula is C22H29N3O2S. The van der Waals surface area contributed by atoms with Gasteiger partial charge in [0.1, 0.15) is 0 Å². The van der Waals surface area contributed by atoms with Crippen LogP contribution in [-0.2, 0) is 17.8 Å². The van der Waals surface area contributed by atoms with E-state index in [9.17, 15) is 9.59 Å². The van der Waals surface area contributed by atoms with Crippen LogP contribution in [0.3, 0.4) is 0 Å². The zero-order valence-electron chi connectivity index (χ0n) is 16.8. The summed E-state index contributed by atoms with van der Waals surface area (Å²) in [6, 6.07) is 6.29. The van der Waals surface area contributed by atoms with Crippen LogP contribution < -0.4 is 0 Å². The summed E-state index contributed by atoms with van der Waals surface area (Å²) in [4.78, 5) is 30.7. The van der Waals surface area contributed by atoms with Crippen molar-refractivity contribution < 1.29 is 9.59 Å². The Balaban J connectivity index is 1.33. The van der Waals surface area contributed by atoms with Crippen LogP contribution in [0.15, 0.2) is 23.6 Å². The van der Waals surface area contributed by atoms with Crippen LogP contribution in [0.4, 0.5) is 0 Å². The molecule has 6 heteroatoms. The molecule has 2 aromatic rings. The second kappa shape index (κ2) is 8.21. The van der Waals surface area contributed by atoms with E-state index < -0.39 is 0 Å². The first-order valence-electron chi connectivity index (χ1n) is 10.3. The number of Topliss-reactive ketones (excluding diaryl/α,β-unsaturated/α-hetero) is 1. The summed E-state index contributed by atoms with van der Waals surface area (Å²) in [6.07, 6.45) is 3.11. The Labute approximate surface area is 170 Å². The van der Waals surface area contributed by atoms with Crippen molar-refractivity contribution in [1.82, 2.24) is 14.4 Å². The average molecular weight is 400 g/mol. The molecule has 150 valence electrons. The third kappa shape index (κ3) is 4.23. The molecule has 1 aliphatic heterocycles. The first-order valence-corrected chi connectivity index (χ1v) is 11.1. The van der Waals surface area contributed by atoms with Crippen LogP contribution in [0, 0.1) is 19.8 Å². The minimum atomic E-state index is 0.192. The number of hydrogen-bond acceptors (Lipinski definition) is 4. The van der Waals surface area contributed by atoms with E-state index in [-0.39, 0.29) is 11.7 Å². The molecule has 4 rings (SSSR count). The van der Waals surface area contributed by atoms with Crippen molar-refractivity contribution >= 4 is 23.0 Å². The van der Waals surface area contributed by atoms with Crippen LogP contribution in [0.2, 0.25) is 0 Å². The summed E-state index contributed by atoms with van der Waals surface area (Å²) in [6.45, 7) is 8.59. The fourth-order valence-corrected chi connectivity index (χ4v) is 4.81. The first kappa shape index (κ1) is 19.4. The van der Waals surface area contributed by atoms with Crippen LogP contribution in [0.1, 0.15) is 39.5 Å². The van der Waals surface area contributed by atoms with Crippen LogP contribution in [0.5, 0.6) is 0 Å². The number of carbonyl (C=O) groups is 2. The molecule has 0 N–H and O–H groups in total. The number of carbonyl (C=O) groups excluding carboxylic acids is 2. The molecule has 1 amide bonds. The summed E-state index contributed by atoms with van der Waals surface area (Å²) in [5.41, 5.74) is 3.07. The van der Waals surface area contributed by atoms with Crippen molar-refractivity contribution in [2.75, 3.05) is 32.7 Å². The Morgan fingerprint density at radius 3 is 2.54 bits per heavy atom. The lowest BCUT2D eigenvalue weighted by Gasteiger charge is -2.34. The molecule has 0 atom stereocenters. The highest BCUT2D eigenvalue weighted by Gasteiger charge is 2.34. The number of hydrogen-bond donors (Lipinski definition) is 0. The monoisotopic (exact) mass is 399 g/mol. The van der Waals surface area contributed by atoms with Gasteiger partial charge in [-0.3, -0.25) is 14.5 Å². The number of nitrogens with zero attached hydrogens (tertiary/aromatic N) is 3. The predicted molar refractivity (Wildman–Crippen MR) is 112 cm³/mol. The lowest BCUT2D eigenvalue weighted by atomic mass is 10.1. The maximum atomic E-state index is 12.9. The number of aromatic nitrogens is 1. The first-order chi connectivity index (χ1) is 13.5. The van der Waals surface area contributed by atoms with E-state index in [2.05, 4.69) is 40.8 Å². The van der Waals surface area contributed by atoms with Crippen molar-refractivity contribution in [3.8, 4) is 0 Å². The molecule has 1 saturated carbocycles. The highest BCUT2D eigenvalue weighted by Crippen LogP contribution is 2.31. The van der Waals surface area contributed by atoms with E-state index in [1.165, 1.54) is 4.88 Å². The Kier molecular flexibility index (Phi) is 5.69. The molecule has 0 bridgehead atoms. The minimum absolute atomic E-state index is 0.192. The maximum Gasteiger partial charge on any atom is 0.225 e. The molecule has 28 heavy (non-hydrogen) atoms. The van der Waals surface area contributed by atoms with E-state index in [0.717, 1.165) is 68.9 Å². The molecule has 3 heterocycles. The van der Waals surface area contributed by atoms with Gasteiger partial charge in [0.15, 0.2) is 5.78 Å². The normalized spacial score (nSPS) is 17.9. The Morgan fingerprint density at radius 1 is 1.14 bits per heavy atom. The summed E-state index contributed by atoms with van der Waals surface area (Å²) in [7, 11) is 0. The van der Waals surface area contributed by atoms with Gasteiger partial charge < -0.3 is 9.47 Å². The van der Waals surface area contributed by atoms with Gasteiger partial charge in [0.25, 0.3) is 0 Å². The maximum absolute atomic E-state index is 12.9. The number of piperazine rings is 1. The molecule has 1 aliphatic carbocycles. The van der Waals surface area contributed by atoms with Crippen molar-refractivity contribution in [2.45, 2.75) is 39.7 Å². The largest absolute Gasteiger partial charge is 0.348 e. The smallest absolute Gasteiger partial charge is 0.225 e. The molecular weight excluding hydrogens is 370 g/mol. The van der Waals surface area contributed by atoms with Crippen molar-refractivity contribution in [3.63, 3.8) is 0 Å². The summed E-state index contributed by atoms with van der Waals surface area (Å²) < 4.78 is 2.26. The zero-order chi connectivity index (χ0) is 19.7. The van der Waals surface area contributed by atoms with Crippen LogP contribution in [-0.4, -0.2) is 58.8 Å². The molecule has 2 fully saturated rings. The van der Waals surface area contributed by atoms with E-state index in [1.54, 1.807) is 11.3 Å². The van der Waals surface area contributed by atoms with Crippen molar-refractivity contribution in [1.29, 1.82) is 0 Å². The number of thiophene rings is 1. The fourth-order valence-electron chi connectivity index (χ4n) is 4.11. The second-order valence-electron chi connectivity index (χ2n) is 8.06. The summed E-state index contributed by atoms with van der Waals surface area (Å²) in [5.74, 6) is 0.797. The molecule has 2 aromatic heterocycles. The fraction of sp³-hybridized carbons (Fsp3) is 0.545. The molecule has 2 aliphatic rings. The van der Waals surface area contributed by atoms with Gasteiger partial charge in [-0.2, -0.15) is 0 Å². The van der Waals surface area contributed by atoms with E-state index in [1.807, 2.05) is 11.0 Å². The number of ketones is 1. The second-order valence-corrected chi connectivity index (χ2v) is 9.10. The lowest BCUT2D eigenvalue weighted by Crippen LogP contribution is -2.50. The average Bonchev–Trinajstić information content (AvgIpc) is 3.34. The Bertz CT molecular complexity index is 844. The quantitative estimate of drug-likeness (QED) is 0.672. The highest BCUT2D eigenvalue weighted by molar-refractivity contribution is 7.09. The van der Waals surface area contributed by atoms with E-state index >= 15 is 0 Å². The van der Waals surface area contributed by atoms with Gasteiger partial charge in [0.2, 0.25) is 5.91 Å². The van der Waals surface area contributed by atoms with Gasteiger partial charge in [-0.1, -0.05) is 6.07 Å². The predicted octanol–water partition coefficient (Wildman–Crippen LogP) is 3.15.